The zero-order valence-electron chi connectivity index (χ0n) is 13.9. The number of aromatic nitrogens is 2. The van der Waals surface area contributed by atoms with Gasteiger partial charge in [-0.15, -0.1) is 0 Å². The number of amides is 1. The number of alkyl halides is 3. The minimum absolute atomic E-state index is 0.136. The van der Waals surface area contributed by atoms with Crippen molar-refractivity contribution >= 4 is 46.2 Å². The second-order valence-electron chi connectivity index (χ2n) is 5.61. The molecule has 0 saturated heterocycles. The van der Waals surface area contributed by atoms with Gasteiger partial charge in [-0.1, -0.05) is 35.3 Å². The number of hydrogen-bond donors (Lipinski definition) is 1. The Hall–Kier alpha value is -2.84. The topological polar surface area (TPSA) is 72.1 Å². The summed E-state index contributed by atoms with van der Waals surface area (Å²) in [6, 6.07) is 10.4. The van der Waals surface area contributed by atoms with E-state index in [-0.39, 0.29) is 27.1 Å². The van der Waals surface area contributed by atoms with Crippen LogP contribution in [0.5, 0.6) is 0 Å². The normalized spacial score (nSPS) is 11.3. The first kappa shape index (κ1) is 19.9. The molecule has 0 spiro atoms. The van der Waals surface area contributed by atoms with Gasteiger partial charge in [0.05, 0.1) is 22.6 Å². The van der Waals surface area contributed by atoms with Gasteiger partial charge in [-0.2, -0.15) is 13.2 Å². The zero-order valence-corrected chi connectivity index (χ0v) is 15.4. The van der Waals surface area contributed by atoms with Crippen molar-refractivity contribution in [2.24, 2.45) is 0 Å². The summed E-state index contributed by atoms with van der Waals surface area (Å²) < 4.78 is 40.1. The first-order chi connectivity index (χ1) is 13.2. The predicted molar refractivity (Wildman–Crippen MR) is 101 cm³/mol. The average molecular weight is 427 g/mol. The fourth-order valence-corrected chi connectivity index (χ4v) is 3.07. The summed E-state index contributed by atoms with van der Waals surface area (Å²) in [6.45, 7) is 0. The van der Waals surface area contributed by atoms with Crippen molar-refractivity contribution in [3.63, 3.8) is 0 Å². The molecule has 0 aliphatic rings. The zero-order chi connectivity index (χ0) is 20.5. The molecule has 0 atom stereocenters. The lowest BCUT2D eigenvalue weighted by Gasteiger charge is -2.25. The van der Waals surface area contributed by atoms with E-state index in [0.29, 0.717) is 0 Å². The number of para-hydroxylation sites is 2. The molecule has 3 rings (SSSR count). The first-order valence-corrected chi connectivity index (χ1v) is 8.46. The molecule has 1 heterocycles. The Balaban J connectivity index is 2.24. The number of halogens is 5. The molecule has 2 aromatic carbocycles. The van der Waals surface area contributed by atoms with Crippen LogP contribution >= 0.6 is 23.2 Å². The minimum atomic E-state index is -4.85. The third-order valence-electron chi connectivity index (χ3n) is 3.70. The summed E-state index contributed by atoms with van der Waals surface area (Å²) in [7, 11) is 0. The lowest BCUT2D eigenvalue weighted by atomic mass is 10.1. The SMILES string of the molecule is Nc1ccccc1N(C(=O)c1cncnc1C(F)(F)F)c1cc(Cl)cc(Cl)c1. The summed E-state index contributed by atoms with van der Waals surface area (Å²) >= 11 is 12.0. The molecule has 0 saturated carbocycles. The van der Waals surface area contributed by atoms with Crippen molar-refractivity contribution in [3.8, 4) is 0 Å². The molecule has 0 aliphatic carbocycles. The van der Waals surface area contributed by atoms with Gasteiger partial charge in [-0.25, -0.2) is 9.97 Å². The van der Waals surface area contributed by atoms with Crippen LogP contribution in [0.2, 0.25) is 10.0 Å². The minimum Gasteiger partial charge on any atom is -0.397 e. The number of hydrogen-bond acceptors (Lipinski definition) is 4. The van der Waals surface area contributed by atoms with Crippen molar-refractivity contribution < 1.29 is 18.0 Å². The average Bonchev–Trinajstić information content (AvgIpc) is 2.62. The van der Waals surface area contributed by atoms with Gasteiger partial charge >= 0.3 is 6.18 Å². The van der Waals surface area contributed by atoms with Gasteiger partial charge in [0.1, 0.15) is 6.33 Å². The highest BCUT2D eigenvalue weighted by atomic mass is 35.5. The molecule has 1 amide bonds. The van der Waals surface area contributed by atoms with Gasteiger partial charge in [0.2, 0.25) is 0 Å². The van der Waals surface area contributed by atoms with Crippen LogP contribution in [0, 0.1) is 0 Å². The second kappa shape index (κ2) is 7.65. The highest BCUT2D eigenvalue weighted by molar-refractivity contribution is 6.35. The highest BCUT2D eigenvalue weighted by Crippen LogP contribution is 2.37. The number of nitrogens with two attached hydrogens (primary N) is 1. The summed E-state index contributed by atoms with van der Waals surface area (Å²) in [4.78, 5) is 21.0. The molecule has 144 valence electrons. The van der Waals surface area contributed by atoms with Crippen molar-refractivity contribution in [1.29, 1.82) is 0 Å². The van der Waals surface area contributed by atoms with Gasteiger partial charge in [0.15, 0.2) is 5.69 Å². The van der Waals surface area contributed by atoms with Crippen LogP contribution in [0.25, 0.3) is 0 Å². The Morgan fingerprint density at radius 1 is 1.07 bits per heavy atom. The van der Waals surface area contributed by atoms with E-state index in [4.69, 9.17) is 28.9 Å². The molecule has 0 radical (unpaired) electrons. The molecule has 5 nitrogen and oxygen atoms in total. The molecule has 0 aliphatic heterocycles. The van der Waals surface area contributed by atoms with Gasteiger partial charge in [0, 0.05) is 16.2 Å². The Labute approximate surface area is 167 Å². The fraction of sp³-hybridized carbons (Fsp3) is 0.0556. The maximum atomic E-state index is 13.4. The van der Waals surface area contributed by atoms with Crippen molar-refractivity contribution in [2.45, 2.75) is 6.18 Å². The van der Waals surface area contributed by atoms with Crippen LogP contribution < -0.4 is 10.6 Å². The molecule has 3 aromatic rings. The number of carbonyl (C=O) groups excluding carboxylic acids is 1. The third kappa shape index (κ3) is 4.02. The van der Waals surface area contributed by atoms with E-state index in [9.17, 15) is 18.0 Å². The van der Waals surface area contributed by atoms with E-state index in [0.717, 1.165) is 17.4 Å². The number of anilines is 3. The van der Waals surface area contributed by atoms with Crippen molar-refractivity contribution in [3.05, 3.63) is 76.3 Å². The fourth-order valence-electron chi connectivity index (χ4n) is 2.56. The monoisotopic (exact) mass is 426 g/mol. The number of nitrogens with zero attached hydrogens (tertiary/aromatic N) is 3. The molecule has 0 unspecified atom stereocenters. The number of nitrogen functional groups attached to an aromatic ring is 1. The van der Waals surface area contributed by atoms with Gasteiger partial charge in [0.25, 0.3) is 5.91 Å². The van der Waals surface area contributed by atoms with Crippen LogP contribution in [0.3, 0.4) is 0 Å². The smallest absolute Gasteiger partial charge is 0.397 e. The van der Waals surface area contributed by atoms with Crippen LogP contribution in [-0.2, 0) is 6.18 Å². The molecule has 0 fully saturated rings. The quantitative estimate of drug-likeness (QED) is 0.571. The van der Waals surface area contributed by atoms with E-state index < -0.39 is 23.3 Å². The molecule has 2 N–H and O–H groups in total. The highest BCUT2D eigenvalue weighted by Gasteiger charge is 2.39. The summed E-state index contributed by atoms with van der Waals surface area (Å²) in [5.41, 5.74) is 4.32. The van der Waals surface area contributed by atoms with Crippen molar-refractivity contribution in [1.82, 2.24) is 9.97 Å². The Morgan fingerprint density at radius 2 is 1.71 bits per heavy atom. The van der Waals surface area contributed by atoms with Crippen LogP contribution in [0.15, 0.2) is 55.0 Å². The lowest BCUT2D eigenvalue weighted by Crippen LogP contribution is -2.30. The maximum absolute atomic E-state index is 13.4. The third-order valence-corrected chi connectivity index (χ3v) is 4.13. The Bertz CT molecular complexity index is 1020. The number of benzene rings is 2. The lowest BCUT2D eigenvalue weighted by molar-refractivity contribution is -0.141. The second-order valence-corrected chi connectivity index (χ2v) is 6.48. The van der Waals surface area contributed by atoms with Crippen LogP contribution in [-0.4, -0.2) is 15.9 Å². The van der Waals surface area contributed by atoms with E-state index in [2.05, 4.69) is 9.97 Å². The van der Waals surface area contributed by atoms with Gasteiger partial charge in [-0.3, -0.25) is 9.69 Å². The van der Waals surface area contributed by atoms with Crippen molar-refractivity contribution in [2.75, 3.05) is 10.6 Å². The molecular weight excluding hydrogens is 416 g/mol. The van der Waals surface area contributed by atoms with E-state index in [1.54, 1.807) is 12.1 Å². The largest absolute Gasteiger partial charge is 0.434 e. The Morgan fingerprint density at radius 3 is 2.32 bits per heavy atom. The summed E-state index contributed by atoms with van der Waals surface area (Å²) in [5.74, 6) is -1.04. The van der Waals surface area contributed by atoms with E-state index in [1.165, 1.54) is 30.3 Å². The maximum Gasteiger partial charge on any atom is 0.434 e. The van der Waals surface area contributed by atoms with Crippen LogP contribution in [0.1, 0.15) is 16.1 Å². The number of carbonyl (C=O) groups is 1. The summed E-state index contributed by atoms with van der Waals surface area (Å²) in [6.07, 6.45) is -3.33. The predicted octanol–water partition coefficient (Wildman–Crippen LogP) is 5.36. The van der Waals surface area contributed by atoms with Crippen LogP contribution in [0.4, 0.5) is 30.2 Å². The van der Waals surface area contributed by atoms with Gasteiger partial charge < -0.3 is 5.73 Å². The van der Waals surface area contributed by atoms with Gasteiger partial charge in [-0.05, 0) is 30.3 Å². The Kier molecular flexibility index (Phi) is 5.44. The first-order valence-electron chi connectivity index (χ1n) is 7.70. The molecule has 0 bridgehead atoms. The van der Waals surface area contributed by atoms with E-state index in [1.807, 2.05) is 0 Å². The number of rotatable bonds is 3. The molecule has 10 heteroatoms. The summed E-state index contributed by atoms with van der Waals surface area (Å²) in [5, 5.41) is 0.380. The standard InChI is InChI=1S/C18H11Cl2F3N4O/c19-10-5-11(20)7-12(6-10)27(15-4-2-1-3-14(15)24)17(28)13-8-25-9-26-16(13)18(21,22)23/h1-9H,24H2. The molecule has 28 heavy (non-hydrogen) atoms. The molecule has 1 aromatic heterocycles. The van der Waals surface area contributed by atoms with E-state index >= 15 is 0 Å². The molecular formula is C18H11Cl2F3N4O.